The summed E-state index contributed by atoms with van der Waals surface area (Å²) < 4.78 is 12.6. The third-order valence-electron chi connectivity index (χ3n) is 5.17. The van der Waals surface area contributed by atoms with Gasteiger partial charge in [-0.15, -0.1) is 0 Å². The zero-order valence-electron chi connectivity index (χ0n) is 18.1. The summed E-state index contributed by atoms with van der Waals surface area (Å²) in [5, 5.41) is 14.2. The molecule has 2 aromatic rings. The SMILES string of the molecule is COc1c(I)cc(C[C@H](NC(=O)c2ccc(N3CCOCC3)cc2)C(=O)NCC#N)cc1I. The van der Waals surface area contributed by atoms with Crippen LogP contribution in [0.15, 0.2) is 36.4 Å². The molecular weight excluding hydrogens is 650 g/mol. The fourth-order valence-electron chi connectivity index (χ4n) is 3.51. The number of halogens is 2. The topological polar surface area (TPSA) is 104 Å². The average Bonchev–Trinajstić information content (AvgIpc) is 2.82. The number of nitrogens with zero attached hydrogens (tertiary/aromatic N) is 2. The van der Waals surface area contributed by atoms with Gasteiger partial charge in [-0.1, -0.05) is 0 Å². The molecule has 174 valence electrons. The molecule has 0 radical (unpaired) electrons. The van der Waals surface area contributed by atoms with Gasteiger partial charge in [0, 0.05) is 30.8 Å². The number of carbonyl (C=O) groups excluding carboxylic acids is 2. The van der Waals surface area contributed by atoms with Gasteiger partial charge in [0.1, 0.15) is 18.3 Å². The van der Waals surface area contributed by atoms with Crippen molar-refractivity contribution in [1.29, 1.82) is 5.26 Å². The van der Waals surface area contributed by atoms with Gasteiger partial charge < -0.3 is 25.0 Å². The first kappa shape index (κ1) is 25.5. The molecule has 1 heterocycles. The third kappa shape index (κ3) is 6.94. The fourth-order valence-corrected chi connectivity index (χ4v) is 5.84. The molecule has 0 bridgehead atoms. The smallest absolute Gasteiger partial charge is 0.251 e. The van der Waals surface area contributed by atoms with Crippen LogP contribution in [0.3, 0.4) is 0 Å². The Morgan fingerprint density at radius 2 is 1.82 bits per heavy atom. The number of anilines is 1. The van der Waals surface area contributed by atoms with Crippen molar-refractivity contribution >= 4 is 62.7 Å². The summed E-state index contributed by atoms with van der Waals surface area (Å²) in [5.74, 6) is 0.0176. The number of hydrogen-bond donors (Lipinski definition) is 2. The number of benzene rings is 2. The van der Waals surface area contributed by atoms with Crippen LogP contribution in [0.5, 0.6) is 5.75 Å². The van der Waals surface area contributed by atoms with Gasteiger partial charge in [-0.25, -0.2) is 0 Å². The molecule has 3 rings (SSSR count). The first-order chi connectivity index (χ1) is 15.9. The lowest BCUT2D eigenvalue weighted by Gasteiger charge is -2.28. The largest absolute Gasteiger partial charge is 0.495 e. The van der Waals surface area contributed by atoms with Crippen LogP contribution >= 0.6 is 45.2 Å². The minimum absolute atomic E-state index is 0.128. The van der Waals surface area contributed by atoms with Crippen molar-refractivity contribution in [1.82, 2.24) is 10.6 Å². The van der Waals surface area contributed by atoms with E-state index in [1.807, 2.05) is 30.3 Å². The highest BCUT2D eigenvalue weighted by Crippen LogP contribution is 2.29. The van der Waals surface area contributed by atoms with E-state index in [-0.39, 0.29) is 18.9 Å². The van der Waals surface area contributed by atoms with Gasteiger partial charge >= 0.3 is 0 Å². The highest BCUT2D eigenvalue weighted by atomic mass is 127. The van der Waals surface area contributed by atoms with Crippen LogP contribution in [-0.2, 0) is 16.0 Å². The molecule has 2 aromatic carbocycles. The molecule has 10 heteroatoms. The van der Waals surface area contributed by atoms with Gasteiger partial charge in [-0.2, -0.15) is 5.26 Å². The number of methoxy groups -OCH3 is 1. The number of morpholine rings is 1. The van der Waals surface area contributed by atoms with Crippen LogP contribution in [0.2, 0.25) is 0 Å². The Bertz CT molecular complexity index is 1010. The molecule has 1 aliphatic heterocycles. The lowest BCUT2D eigenvalue weighted by molar-refractivity contribution is -0.122. The van der Waals surface area contributed by atoms with Crippen molar-refractivity contribution in [2.45, 2.75) is 12.5 Å². The van der Waals surface area contributed by atoms with Crippen molar-refractivity contribution in [3.05, 3.63) is 54.7 Å². The molecule has 0 spiro atoms. The highest BCUT2D eigenvalue weighted by Gasteiger charge is 2.23. The summed E-state index contributed by atoms with van der Waals surface area (Å²) in [6.45, 7) is 2.87. The van der Waals surface area contributed by atoms with Gasteiger partial charge in [-0.3, -0.25) is 9.59 Å². The van der Waals surface area contributed by atoms with E-state index < -0.39 is 11.9 Å². The maximum atomic E-state index is 12.9. The van der Waals surface area contributed by atoms with E-state index in [2.05, 4.69) is 60.7 Å². The minimum atomic E-state index is -0.829. The number of ether oxygens (including phenoxy) is 2. The molecule has 8 nitrogen and oxygen atoms in total. The lowest BCUT2D eigenvalue weighted by Crippen LogP contribution is -2.48. The molecule has 1 fully saturated rings. The fraction of sp³-hybridized carbons (Fsp3) is 0.348. The van der Waals surface area contributed by atoms with Crippen LogP contribution < -0.4 is 20.3 Å². The maximum absolute atomic E-state index is 12.9. The van der Waals surface area contributed by atoms with Gasteiger partial charge in [0.15, 0.2) is 0 Å². The second-order valence-corrected chi connectivity index (χ2v) is 9.67. The first-order valence-electron chi connectivity index (χ1n) is 10.3. The molecule has 0 aliphatic carbocycles. The van der Waals surface area contributed by atoms with Crippen molar-refractivity contribution in [3.63, 3.8) is 0 Å². The van der Waals surface area contributed by atoms with Crippen molar-refractivity contribution < 1.29 is 19.1 Å². The Labute approximate surface area is 220 Å². The standard InChI is InChI=1S/C23H24I2N4O4/c1-32-21-18(24)12-15(13-19(21)25)14-20(23(31)27-7-6-26)28-22(30)16-2-4-17(5-3-16)29-8-10-33-11-9-29/h2-5,12-13,20H,7-11,14H2,1H3,(H,27,31)(H,28,30)/t20-/m0/s1. The van der Waals surface area contributed by atoms with Crippen LogP contribution in [0.25, 0.3) is 0 Å². The van der Waals surface area contributed by atoms with Crippen molar-refractivity contribution in [2.75, 3.05) is 44.9 Å². The van der Waals surface area contributed by atoms with E-state index in [4.69, 9.17) is 14.7 Å². The molecule has 1 atom stereocenters. The molecular formula is C23H24I2N4O4. The Morgan fingerprint density at radius 1 is 1.18 bits per heavy atom. The van der Waals surface area contributed by atoms with Crippen molar-refractivity contribution in [2.24, 2.45) is 0 Å². The van der Waals surface area contributed by atoms with Gasteiger partial charge in [0.05, 0.1) is 33.5 Å². The van der Waals surface area contributed by atoms with Crippen LogP contribution in [0, 0.1) is 18.5 Å². The summed E-state index contributed by atoms with van der Waals surface area (Å²) in [6.07, 6.45) is 0.283. The van der Waals surface area contributed by atoms with E-state index in [1.165, 1.54) is 0 Å². The van der Waals surface area contributed by atoms with E-state index in [0.29, 0.717) is 18.8 Å². The molecule has 1 saturated heterocycles. The highest BCUT2D eigenvalue weighted by molar-refractivity contribution is 14.1. The zero-order chi connectivity index (χ0) is 23.8. The van der Waals surface area contributed by atoms with E-state index in [0.717, 1.165) is 37.2 Å². The first-order valence-corrected chi connectivity index (χ1v) is 12.5. The van der Waals surface area contributed by atoms with E-state index in [1.54, 1.807) is 19.2 Å². The summed E-state index contributed by atoms with van der Waals surface area (Å²) in [7, 11) is 1.61. The molecule has 33 heavy (non-hydrogen) atoms. The Hall–Kier alpha value is -2.11. The molecule has 2 N–H and O–H groups in total. The second kappa shape index (κ2) is 12.4. The molecule has 0 unspecified atom stereocenters. The monoisotopic (exact) mass is 674 g/mol. The molecule has 0 saturated carbocycles. The Morgan fingerprint density at radius 3 is 2.39 bits per heavy atom. The predicted molar refractivity (Wildman–Crippen MR) is 141 cm³/mol. The van der Waals surface area contributed by atoms with Crippen LogP contribution in [-0.4, -0.2) is 57.8 Å². The quantitative estimate of drug-likeness (QED) is 0.330. The number of rotatable bonds is 8. The maximum Gasteiger partial charge on any atom is 0.251 e. The number of nitriles is 1. The number of hydrogen-bond acceptors (Lipinski definition) is 6. The van der Waals surface area contributed by atoms with Crippen LogP contribution in [0.1, 0.15) is 15.9 Å². The predicted octanol–water partition coefficient (Wildman–Crippen LogP) is 2.72. The lowest BCUT2D eigenvalue weighted by atomic mass is 10.0. The average molecular weight is 674 g/mol. The third-order valence-corrected chi connectivity index (χ3v) is 6.77. The number of nitrogens with one attached hydrogen (secondary N) is 2. The summed E-state index contributed by atoms with van der Waals surface area (Å²) in [5.41, 5.74) is 2.37. The van der Waals surface area contributed by atoms with E-state index >= 15 is 0 Å². The second-order valence-electron chi connectivity index (χ2n) is 7.35. The molecule has 0 aromatic heterocycles. The zero-order valence-corrected chi connectivity index (χ0v) is 22.4. The van der Waals surface area contributed by atoms with Gasteiger partial charge in [0.25, 0.3) is 5.91 Å². The summed E-state index contributed by atoms with van der Waals surface area (Å²) in [4.78, 5) is 27.8. The van der Waals surface area contributed by atoms with Crippen molar-refractivity contribution in [3.8, 4) is 11.8 Å². The summed E-state index contributed by atoms with van der Waals surface area (Å²) >= 11 is 4.36. The normalized spacial score (nSPS) is 14.2. The Kier molecular flexibility index (Phi) is 9.57. The minimum Gasteiger partial charge on any atom is -0.495 e. The van der Waals surface area contributed by atoms with Crippen LogP contribution in [0.4, 0.5) is 5.69 Å². The van der Waals surface area contributed by atoms with Gasteiger partial charge in [0.2, 0.25) is 5.91 Å². The Balaban J connectivity index is 1.75. The number of carbonyl (C=O) groups is 2. The van der Waals surface area contributed by atoms with E-state index in [9.17, 15) is 9.59 Å². The molecule has 2 amide bonds. The summed E-state index contributed by atoms with van der Waals surface area (Å²) in [6, 6.07) is 12.2. The van der Waals surface area contributed by atoms with Gasteiger partial charge in [-0.05, 0) is 87.1 Å². The number of amides is 2. The molecule has 1 aliphatic rings.